The number of methoxy groups -OCH3 is 1. The van der Waals surface area contributed by atoms with Crippen molar-refractivity contribution in [2.24, 2.45) is 5.41 Å². The molecule has 5 heteroatoms. The van der Waals surface area contributed by atoms with Crippen LogP contribution in [0.15, 0.2) is 30.3 Å². The van der Waals surface area contributed by atoms with Gasteiger partial charge in [0.05, 0.1) is 7.11 Å². The zero-order valence-electron chi connectivity index (χ0n) is 13.8. The number of esters is 2. The Morgan fingerprint density at radius 2 is 1.64 bits per heavy atom. The van der Waals surface area contributed by atoms with Crippen LogP contribution in [0.3, 0.4) is 0 Å². The van der Waals surface area contributed by atoms with Crippen molar-refractivity contribution in [3.05, 3.63) is 35.9 Å². The molecular weight excluding hydrogens is 300 g/mol. The zero-order chi connectivity index (χ0) is 16.8. The van der Waals surface area contributed by atoms with Gasteiger partial charge in [-0.2, -0.15) is 11.8 Å². The second-order valence-electron chi connectivity index (χ2n) is 6.29. The molecule has 0 aliphatic heterocycles. The van der Waals surface area contributed by atoms with Crippen molar-refractivity contribution in [2.45, 2.75) is 39.0 Å². The van der Waals surface area contributed by atoms with E-state index in [1.807, 2.05) is 51.1 Å². The molecule has 0 aliphatic carbocycles. The highest BCUT2D eigenvalue weighted by atomic mass is 32.2. The summed E-state index contributed by atoms with van der Waals surface area (Å²) in [7, 11) is 1.28. The van der Waals surface area contributed by atoms with Gasteiger partial charge in [0.2, 0.25) is 0 Å². The molecule has 1 aromatic rings. The molecule has 1 unspecified atom stereocenters. The first kappa shape index (κ1) is 18.6. The summed E-state index contributed by atoms with van der Waals surface area (Å²) < 4.78 is 10.1. The van der Waals surface area contributed by atoms with Gasteiger partial charge in [0.15, 0.2) is 5.41 Å². The Hall–Kier alpha value is -1.49. The van der Waals surface area contributed by atoms with Crippen LogP contribution < -0.4 is 0 Å². The highest BCUT2D eigenvalue weighted by Gasteiger charge is 2.44. The number of carbonyl (C=O) groups is 2. The molecule has 22 heavy (non-hydrogen) atoms. The summed E-state index contributed by atoms with van der Waals surface area (Å²) >= 11 is 1.53. The Morgan fingerprint density at radius 3 is 2.14 bits per heavy atom. The van der Waals surface area contributed by atoms with Gasteiger partial charge in [-0.15, -0.1) is 0 Å². The molecule has 122 valence electrons. The molecule has 0 fully saturated rings. The second kappa shape index (κ2) is 7.68. The minimum Gasteiger partial charge on any atom is -0.468 e. The Morgan fingerprint density at radius 1 is 1.05 bits per heavy atom. The number of rotatable bonds is 6. The van der Waals surface area contributed by atoms with Gasteiger partial charge in [0.25, 0.3) is 0 Å². The fraction of sp³-hybridized carbons (Fsp3) is 0.529. The third kappa shape index (κ3) is 5.37. The molecule has 0 heterocycles. The lowest BCUT2D eigenvalue weighted by Crippen LogP contribution is -2.42. The molecular formula is C17H24O4S. The quantitative estimate of drug-likeness (QED) is 0.592. The van der Waals surface area contributed by atoms with E-state index in [0.29, 0.717) is 5.75 Å². The monoisotopic (exact) mass is 324 g/mol. The lowest BCUT2D eigenvalue weighted by Gasteiger charge is -2.28. The third-order valence-electron chi connectivity index (χ3n) is 3.09. The van der Waals surface area contributed by atoms with Gasteiger partial charge in [0.1, 0.15) is 6.61 Å². The maximum absolute atomic E-state index is 12.4. The highest BCUT2D eigenvalue weighted by molar-refractivity contribution is 8.00. The molecule has 4 nitrogen and oxygen atoms in total. The summed E-state index contributed by atoms with van der Waals surface area (Å²) in [5.74, 6) is -0.807. The van der Waals surface area contributed by atoms with Gasteiger partial charge in [0, 0.05) is 10.5 Å². The Bertz CT molecular complexity index is 507. The maximum atomic E-state index is 12.4. The normalized spacial score (nSPS) is 14.0. The van der Waals surface area contributed by atoms with Crippen molar-refractivity contribution >= 4 is 23.7 Å². The fourth-order valence-corrected chi connectivity index (χ4v) is 2.63. The molecule has 0 radical (unpaired) electrons. The van der Waals surface area contributed by atoms with Crippen LogP contribution in [0.25, 0.3) is 0 Å². The van der Waals surface area contributed by atoms with Gasteiger partial charge >= 0.3 is 11.9 Å². The summed E-state index contributed by atoms with van der Waals surface area (Å²) in [4.78, 5) is 24.5. The van der Waals surface area contributed by atoms with E-state index >= 15 is 0 Å². The average Bonchev–Trinajstić information content (AvgIpc) is 2.49. The number of benzene rings is 1. The molecule has 0 aromatic heterocycles. The number of hydrogen-bond donors (Lipinski definition) is 0. The summed E-state index contributed by atoms with van der Waals surface area (Å²) in [5, 5.41) is 0. The van der Waals surface area contributed by atoms with E-state index in [4.69, 9.17) is 9.47 Å². The first-order valence-corrected chi connectivity index (χ1v) is 8.11. The predicted octanol–water partition coefficient (Wildman–Crippen LogP) is 3.44. The van der Waals surface area contributed by atoms with Gasteiger partial charge in [-0.05, 0) is 12.5 Å². The van der Waals surface area contributed by atoms with E-state index in [9.17, 15) is 9.59 Å². The van der Waals surface area contributed by atoms with Crippen LogP contribution in [0.2, 0.25) is 0 Å². The topological polar surface area (TPSA) is 52.6 Å². The molecule has 0 amide bonds. The van der Waals surface area contributed by atoms with Crippen molar-refractivity contribution in [2.75, 3.05) is 12.9 Å². The number of ether oxygens (including phenoxy) is 2. The van der Waals surface area contributed by atoms with Crippen LogP contribution in [-0.4, -0.2) is 29.5 Å². The molecule has 1 aromatic carbocycles. The molecule has 0 N–H and O–H groups in total. The van der Waals surface area contributed by atoms with E-state index in [1.54, 1.807) is 6.92 Å². The molecule has 0 bridgehead atoms. The lowest BCUT2D eigenvalue weighted by molar-refractivity contribution is -0.168. The summed E-state index contributed by atoms with van der Waals surface area (Å²) in [6, 6.07) is 9.37. The van der Waals surface area contributed by atoms with E-state index in [2.05, 4.69) is 0 Å². The summed E-state index contributed by atoms with van der Waals surface area (Å²) in [6.45, 7) is 7.82. The van der Waals surface area contributed by atoms with Crippen molar-refractivity contribution < 1.29 is 19.1 Å². The first-order chi connectivity index (χ1) is 10.2. The Balaban J connectivity index is 2.77. The van der Waals surface area contributed by atoms with Crippen LogP contribution >= 0.6 is 11.8 Å². The van der Waals surface area contributed by atoms with Crippen LogP contribution in [0, 0.1) is 5.41 Å². The van der Waals surface area contributed by atoms with E-state index in [1.165, 1.54) is 18.9 Å². The van der Waals surface area contributed by atoms with Crippen molar-refractivity contribution in [3.63, 3.8) is 0 Å². The molecule has 0 aliphatic rings. The fourth-order valence-electron chi connectivity index (χ4n) is 1.67. The van der Waals surface area contributed by atoms with Crippen molar-refractivity contribution in [1.82, 2.24) is 0 Å². The Labute approximate surface area is 136 Å². The van der Waals surface area contributed by atoms with E-state index in [0.717, 1.165) is 5.56 Å². The first-order valence-electron chi connectivity index (χ1n) is 7.12. The second-order valence-corrected chi connectivity index (χ2v) is 8.09. The smallest absolute Gasteiger partial charge is 0.324 e. The van der Waals surface area contributed by atoms with Crippen LogP contribution in [0.1, 0.15) is 33.3 Å². The van der Waals surface area contributed by atoms with Crippen molar-refractivity contribution in [3.8, 4) is 0 Å². The number of thioether (sulfide) groups is 1. The molecule has 0 saturated carbocycles. The van der Waals surface area contributed by atoms with Crippen molar-refractivity contribution in [1.29, 1.82) is 0 Å². The average molecular weight is 324 g/mol. The van der Waals surface area contributed by atoms with E-state index in [-0.39, 0.29) is 11.4 Å². The SMILES string of the molecule is COC(=O)C(C)(CSC(C)(C)C)C(=O)OCc1ccccc1. The molecule has 0 saturated heterocycles. The standard InChI is InChI=1S/C17H24O4S/c1-16(2,3)22-12-17(4,14(18)20-5)15(19)21-11-13-9-7-6-8-10-13/h6-10H,11-12H2,1-5H3. The van der Waals surface area contributed by atoms with Gasteiger partial charge in [-0.1, -0.05) is 51.1 Å². The highest BCUT2D eigenvalue weighted by Crippen LogP contribution is 2.33. The van der Waals surface area contributed by atoms with Gasteiger partial charge < -0.3 is 9.47 Å². The Kier molecular flexibility index (Phi) is 6.48. The van der Waals surface area contributed by atoms with E-state index < -0.39 is 17.4 Å². The zero-order valence-corrected chi connectivity index (χ0v) is 14.7. The van der Waals surface area contributed by atoms with Crippen LogP contribution in [0.4, 0.5) is 0 Å². The predicted molar refractivity (Wildman–Crippen MR) is 88.6 cm³/mol. The lowest BCUT2D eigenvalue weighted by atomic mass is 9.93. The third-order valence-corrected chi connectivity index (χ3v) is 4.68. The summed E-state index contributed by atoms with van der Waals surface area (Å²) in [5.41, 5.74) is -0.423. The van der Waals surface area contributed by atoms with Crippen LogP contribution in [0.5, 0.6) is 0 Å². The number of hydrogen-bond acceptors (Lipinski definition) is 5. The number of carbonyl (C=O) groups excluding carboxylic acids is 2. The van der Waals surface area contributed by atoms with Crippen LogP contribution in [-0.2, 0) is 25.7 Å². The molecule has 0 spiro atoms. The molecule has 1 rings (SSSR count). The minimum atomic E-state index is -1.30. The largest absolute Gasteiger partial charge is 0.468 e. The minimum absolute atomic E-state index is 0.0605. The maximum Gasteiger partial charge on any atom is 0.324 e. The summed E-state index contributed by atoms with van der Waals surface area (Å²) in [6.07, 6.45) is 0. The van der Waals surface area contributed by atoms with Gasteiger partial charge in [-0.3, -0.25) is 9.59 Å². The van der Waals surface area contributed by atoms with Gasteiger partial charge in [-0.25, -0.2) is 0 Å². The molecule has 1 atom stereocenters.